The molecule has 5 nitrogen and oxygen atoms in total. The minimum atomic E-state index is -3.71. The summed E-state index contributed by atoms with van der Waals surface area (Å²) in [5.41, 5.74) is 0. The molecule has 0 radical (unpaired) electrons. The first-order valence-corrected chi connectivity index (χ1v) is 10.8. The van der Waals surface area contributed by atoms with Gasteiger partial charge in [0.25, 0.3) is 0 Å². The Labute approximate surface area is 133 Å². The van der Waals surface area contributed by atoms with E-state index in [0.717, 1.165) is 25.5 Å². The summed E-state index contributed by atoms with van der Waals surface area (Å²) in [7, 11) is -7.14. The molecule has 3 unspecified atom stereocenters. The second kappa shape index (κ2) is 6.29. The van der Waals surface area contributed by atoms with Gasteiger partial charge in [0.2, 0.25) is 10.0 Å². The van der Waals surface area contributed by atoms with Gasteiger partial charge in [-0.1, -0.05) is 32.8 Å². The van der Waals surface area contributed by atoms with Crippen LogP contribution in [0.4, 0.5) is 0 Å². The van der Waals surface area contributed by atoms with E-state index in [9.17, 15) is 16.8 Å². The quantitative estimate of drug-likeness (QED) is 0.907. The predicted molar refractivity (Wildman–Crippen MR) is 85.8 cm³/mol. The van der Waals surface area contributed by atoms with Gasteiger partial charge in [0.15, 0.2) is 9.84 Å². The Bertz CT molecular complexity index is 741. The summed E-state index contributed by atoms with van der Waals surface area (Å²) in [4.78, 5) is 0.0151. The molecule has 1 aromatic carbocycles. The Hall–Kier alpha value is -0.920. The normalized spacial score (nSPS) is 26.8. The van der Waals surface area contributed by atoms with Crippen LogP contribution in [0.15, 0.2) is 34.1 Å². The molecule has 1 fully saturated rings. The molecule has 7 heteroatoms. The first-order chi connectivity index (χ1) is 10.1. The fraction of sp³-hybridized carbons (Fsp3) is 0.600. The Kier molecular flexibility index (Phi) is 4.99. The molecule has 1 N–H and O–H groups in total. The van der Waals surface area contributed by atoms with Crippen molar-refractivity contribution in [3.63, 3.8) is 0 Å². The number of sulfonamides is 1. The number of sulfone groups is 1. The Balaban J connectivity index is 2.27. The van der Waals surface area contributed by atoms with Crippen molar-refractivity contribution >= 4 is 19.9 Å². The van der Waals surface area contributed by atoms with Gasteiger partial charge in [-0.25, -0.2) is 21.6 Å². The average molecular weight is 345 g/mol. The molecule has 1 aliphatic rings. The topological polar surface area (TPSA) is 80.3 Å². The number of hydrogen-bond donors (Lipinski definition) is 1. The van der Waals surface area contributed by atoms with Gasteiger partial charge in [-0.15, -0.1) is 0 Å². The van der Waals surface area contributed by atoms with Gasteiger partial charge in [-0.3, -0.25) is 0 Å². The van der Waals surface area contributed by atoms with E-state index in [1.54, 1.807) is 0 Å². The van der Waals surface area contributed by atoms with Crippen LogP contribution in [0.25, 0.3) is 0 Å². The van der Waals surface area contributed by atoms with Gasteiger partial charge in [0, 0.05) is 12.3 Å². The number of rotatable bonds is 4. The molecule has 0 aromatic heterocycles. The summed E-state index contributed by atoms with van der Waals surface area (Å²) in [6.07, 6.45) is 4.00. The Morgan fingerprint density at radius 2 is 1.68 bits per heavy atom. The lowest BCUT2D eigenvalue weighted by molar-refractivity contribution is 0.227. The van der Waals surface area contributed by atoms with Crippen LogP contribution in [-0.2, 0) is 19.9 Å². The molecule has 2 rings (SSSR count). The van der Waals surface area contributed by atoms with Gasteiger partial charge in [0.1, 0.15) is 0 Å². The number of hydrogen-bond acceptors (Lipinski definition) is 4. The zero-order valence-electron chi connectivity index (χ0n) is 13.1. The average Bonchev–Trinajstić information content (AvgIpc) is 2.43. The van der Waals surface area contributed by atoms with Crippen molar-refractivity contribution in [2.75, 3.05) is 6.26 Å². The zero-order chi connectivity index (χ0) is 16.5. The van der Waals surface area contributed by atoms with Crippen LogP contribution in [0.1, 0.15) is 33.1 Å². The van der Waals surface area contributed by atoms with Crippen LogP contribution in [-0.4, -0.2) is 29.1 Å². The third kappa shape index (κ3) is 3.88. The lowest BCUT2D eigenvalue weighted by atomic mass is 9.78. The highest BCUT2D eigenvalue weighted by Gasteiger charge is 2.31. The molecule has 0 amide bonds. The van der Waals surface area contributed by atoms with Crippen LogP contribution in [0.2, 0.25) is 0 Å². The summed E-state index contributed by atoms with van der Waals surface area (Å²) in [6, 6.07) is 5.40. The number of nitrogens with one attached hydrogen (secondary N) is 1. The van der Waals surface area contributed by atoms with Gasteiger partial charge in [-0.05, 0) is 36.5 Å². The molecule has 0 spiro atoms. The second-order valence-corrected chi connectivity index (χ2v) is 9.97. The Morgan fingerprint density at radius 1 is 1.05 bits per heavy atom. The Morgan fingerprint density at radius 3 is 2.32 bits per heavy atom. The van der Waals surface area contributed by atoms with Crippen LogP contribution in [0.3, 0.4) is 0 Å². The third-order valence-electron chi connectivity index (χ3n) is 4.56. The smallest absolute Gasteiger partial charge is 0.224 e. The summed E-state index contributed by atoms with van der Waals surface area (Å²) >= 11 is 0. The molecule has 1 aliphatic carbocycles. The molecular weight excluding hydrogens is 322 g/mol. The van der Waals surface area contributed by atoms with E-state index >= 15 is 0 Å². The molecule has 22 heavy (non-hydrogen) atoms. The lowest BCUT2D eigenvalue weighted by Gasteiger charge is -2.34. The second-order valence-electron chi connectivity index (χ2n) is 6.24. The zero-order valence-corrected chi connectivity index (χ0v) is 14.7. The van der Waals surface area contributed by atoms with Crippen molar-refractivity contribution < 1.29 is 16.8 Å². The van der Waals surface area contributed by atoms with Gasteiger partial charge in [-0.2, -0.15) is 0 Å². The van der Waals surface area contributed by atoms with Crippen molar-refractivity contribution in [3.05, 3.63) is 24.3 Å². The van der Waals surface area contributed by atoms with E-state index in [1.165, 1.54) is 24.3 Å². The minimum absolute atomic E-state index is 0.000788. The molecule has 1 aromatic rings. The van der Waals surface area contributed by atoms with Crippen LogP contribution < -0.4 is 4.72 Å². The first-order valence-electron chi connectivity index (χ1n) is 7.44. The third-order valence-corrected chi connectivity index (χ3v) is 7.16. The largest absolute Gasteiger partial charge is 0.240 e. The maximum absolute atomic E-state index is 12.5. The van der Waals surface area contributed by atoms with Crippen LogP contribution >= 0.6 is 0 Å². The van der Waals surface area contributed by atoms with E-state index in [4.69, 9.17) is 0 Å². The maximum Gasteiger partial charge on any atom is 0.240 e. The highest BCUT2D eigenvalue weighted by atomic mass is 32.2. The molecule has 0 bridgehead atoms. The summed E-state index contributed by atoms with van der Waals surface area (Å²) in [6.45, 7) is 4.19. The van der Waals surface area contributed by atoms with Crippen molar-refractivity contribution in [1.29, 1.82) is 0 Å². The van der Waals surface area contributed by atoms with Crippen molar-refractivity contribution in [1.82, 2.24) is 4.72 Å². The molecule has 0 heterocycles. The molecule has 1 saturated carbocycles. The monoisotopic (exact) mass is 345 g/mol. The van der Waals surface area contributed by atoms with E-state index < -0.39 is 19.9 Å². The van der Waals surface area contributed by atoms with Gasteiger partial charge in [0.05, 0.1) is 9.79 Å². The summed E-state index contributed by atoms with van der Waals surface area (Å²) in [5, 5.41) is 0. The predicted octanol–water partition coefficient (Wildman–Crippen LogP) is 2.19. The van der Waals surface area contributed by atoms with E-state index in [-0.39, 0.29) is 21.8 Å². The van der Waals surface area contributed by atoms with Crippen molar-refractivity contribution in [2.45, 2.75) is 48.9 Å². The first kappa shape index (κ1) is 17.4. The molecule has 3 atom stereocenters. The standard InChI is InChI=1S/C15H23NO4S2/c1-11-6-4-9-15(12(11)2)16-22(19,20)14-8-5-7-13(10-14)21(3,17)18/h5,7-8,10-12,15-16H,4,6,9H2,1-3H3. The molecular formula is C15H23NO4S2. The maximum atomic E-state index is 12.5. The van der Waals surface area contributed by atoms with Crippen LogP contribution in [0.5, 0.6) is 0 Å². The van der Waals surface area contributed by atoms with E-state index in [1.807, 2.05) is 0 Å². The van der Waals surface area contributed by atoms with E-state index in [0.29, 0.717) is 5.92 Å². The van der Waals surface area contributed by atoms with Crippen molar-refractivity contribution in [2.24, 2.45) is 11.8 Å². The molecule has 124 valence electrons. The highest BCUT2D eigenvalue weighted by molar-refractivity contribution is 7.91. The summed E-state index contributed by atoms with van der Waals surface area (Å²) in [5.74, 6) is 0.741. The van der Waals surface area contributed by atoms with Gasteiger partial charge >= 0.3 is 0 Å². The molecule has 0 aliphatic heterocycles. The summed E-state index contributed by atoms with van der Waals surface area (Å²) < 4.78 is 51.0. The minimum Gasteiger partial charge on any atom is -0.224 e. The van der Waals surface area contributed by atoms with E-state index in [2.05, 4.69) is 18.6 Å². The SMILES string of the molecule is CC1CCCC(NS(=O)(=O)c2cccc(S(C)(=O)=O)c2)C1C. The fourth-order valence-corrected chi connectivity index (χ4v) is 5.04. The fourth-order valence-electron chi connectivity index (χ4n) is 2.89. The van der Waals surface area contributed by atoms with Gasteiger partial charge < -0.3 is 0 Å². The van der Waals surface area contributed by atoms with Crippen LogP contribution in [0, 0.1) is 11.8 Å². The number of benzene rings is 1. The highest BCUT2D eigenvalue weighted by Crippen LogP contribution is 2.30. The molecule has 0 saturated heterocycles. The van der Waals surface area contributed by atoms with Crippen molar-refractivity contribution in [3.8, 4) is 0 Å². The lowest BCUT2D eigenvalue weighted by Crippen LogP contribution is -2.43.